The summed E-state index contributed by atoms with van der Waals surface area (Å²) in [4.78, 5) is 12.6. The normalized spacial score (nSPS) is 12.1. The minimum Gasteiger partial charge on any atom is -0.348 e. The molecule has 0 aliphatic rings. The van der Waals surface area contributed by atoms with Gasteiger partial charge in [0.15, 0.2) is 5.69 Å². The van der Waals surface area contributed by atoms with Gasteiger partial charge in [0.05, 0.1) is 35.4 Å². The van der Waals surface area contributed by atoms with Gasteiger partial charge in [0, 0.05) is 24.5 Å². The zero-order valence-electron chi connectivity index (χ0n) is 20.0. The minimum atomic E-state index is -5.04. The fraction of sp³-hybridized carbons (Fsp3) is 0.240. The molecule has 0 fully saturated rings. The third kappa shape index (κ3) is 6.59. The highest BCUT2D eigenvalue weighted by atomic mass is 35.5. The fourth-order valence-electron chi connectivity index (χ4n) is 3.85. The fourth-order valence-corrected chi connectivity index (χ4v) is 4.03. The molecule has 0 atom stereocenters. The molecule has 2 aromatic carbocycles. The van der Waals surface area contributed by atoms with Crippen LogP contribution in [0.1, 0.15) is 43.9 Å². The summed E-state index contributed by atoms with van der Waals surface area (Å²) in [7, 11) is 0. The lowest BCUT2D eigenvalue weighted by molar-refractivity contribution is -0.141. The molecule has 39 heavy (non-hydrogen) atoms. The summed E-state index contributed by atoms with van der Waals surface area (Å²) in [5, 5.41) is 8.95. The van der Waals surface area contributed by atoms with E-state index in [2.05, 4.69) is 10.2 Å². The number of amides is 1. The third-order valence-electron chi connectivity index (χ3n) is 5.68. The number of nitrogens with one attached hydrogen (secondary N) is 1. The van der Waals surface area contributed by atoms with Gasteiger partial charge in [-0.2, -0.15) is 36.5 Å². The maximum Gasteiger partial charge on any atom is 0.435 e. The molecule has 0 bridgehead atoms. The molecule has 1 N–H and O–H groups in total. The molecule has 1 amide bonds. The van der Waals surface area contributed by atoms with Gasteiger partial charge in [-0.3, -0.25) is 14.2 Å². The van der Waals surface area contributed by atoms with E-state index in [1.165, 1.54) is 0 Å². The average molecular weight is 574 g/mol. The SMILES string of the molecule is Cc1cnn(Cc2ccc(Cn3cc(C(=O)NCc4c(C(F)(F)F)ccc(Cl)c4F)c(C(F)(F)F)n3)cc2)c1. The first-order chi connectivity index (χ1) is 18.2. The second-order valence-corrected chi connectivity index (χ2v) is 9.09. The molecule has 0 aliphatic heterocycles. The summed E-state index contributed by atoms with van der Waals surface area (Å²) in [5.74, 6) is -2.82. The number of carbonyl (C=O) groups excluding carboxylic acids is 1. The van der Waals surface area contributed by atoms with Crippen LogP contribution in [-0.2, 0) is 32.0 Å². The molecular weight excluding hydrogens is 555 g/mol. The largest absolute Gasteiger partial charge is 0.435 e. The van der Waals surface area contributed by atoms with Crippen LogP contribution in [0.25, 0.3) is 0 Å². The van der Waals surface area contributed by atoms with Gasteiger partial charge in [-0.1, -0.05) is 35.9 Å². The van der Waals surface area contributed by atoms with E-state index in [0.717, 1.165) is 22.0 Å². The molecule has 6 nitrogen and oxygen atoms in total. The van der Waals surface area contributed by atoms with E-state index in [4.69, 9.17) is 11.6 Å². The lowest BCUT2D eigenvalue weighted by Gasteiger charge is -2.15. The van der Waals surface area contributed by atoms with Crippen LogP contribution in [0.3, 0.4) is 0 Å². The Morgan fingerprint density at radius 1 is 0.923 bits per heavy atom. The van der Waals surface area contributed by atoms with Crippen molar-refractivity contribution in [1.82, 2.24) is 24.9 Å². The number of rotatable bonds is 7. The van der Waals surface area contributed by atoms with Gasteiger partial charge in [-0.05, 0) is 35.7 Å². The lowest BCUT2D eigenvalue weighted by Crippen LogP contribution is -2.27. The molecular formula is C25H19ClF7N5O. The Morgan fingerprint density at radius 2 is 1.54 bits per heavy atom. The van der Waals surface area contributed by atoms with E-state index in [0.29, 0.717) is 24.2 Å². The molecule has 0 saturated heterocycles. The minimum absolute atomic E-state index is 0.126. The van der Waals surface area contributed by atoms with Gasteiger partial charge in [0.1, 0.15) is 5.82 Å². The first kappa shape index (κ1) is 28.1. The Balaban J connectivity index is 1.53. The van der Waals surface area contributed by atoms with Gasteiger partial charge in [0.2, 0.25) is 0 Å². The van der Waals surface area contributed by atoms with Crippen molar-refractivity contribution in [3.8, 4) is 0 Å². The number of hydrogen-bond acceptors (Lipinski definition) is 3. The number of hydrogen-bond donors (Lipinski definition) is 1. The first-order valence-electron chi connectivity index (χ1n) is 11.3. The molecule has 0 aliphatic carbocycles. The Kier molecular flexibility index (Phi) is 7.73. The number of aromatic nitrogens is 4. The topological polar surface area (TPSA) is 64.7 Å². The van der Waals surface area contributed by atoms with Gasteiger partial charge >= 0.3 is 12.4 Å². The lowest BCUT2D eigenvalue weighted by atomic mass is 10.1. The monoisotopic (exact) mass is 573 g/mol. The van der Waals surface area contributed by atoms with Crippen LogP contribution in [0.2, 0.25) is 5.02 Å². The van der Waals surface area contributed by atoms with Crippen LogP contribution in [0.15, 0.2) is 55.0 Å². The Bertz CT molecular complexity index is 1490. The summed E-state index contributed by atoms with van der Waals surface area (Å²) in [5.41, 5.74) is -2.42. The van der Waals surface area contributed by atoms with Crippen LogP contribution in [0.4, 0.5) is 30.7 Å². The van der Waals surface area contributed by atoms with Gasteiger partial charge in [0.25, 0.3) is 5.91 Å². The maximum absolute atomic E-state index is 14.3. The molecule has 0 spiro atoms. The van der Waals surface area contributed by atoms with Crippen molar-refractivity contribution >= 4 is 17.5 Å². The highest BCUT2D eigenvalue weighted by molar-refractivity contribution is 6.30. The van der Waals surface area contributed by atoms with E-state index in [9.17, 15) is 35.5 Å². The zero-order valence-corrected chi connectivity index (χ0v) is 20.8. The smallest absolute Gasteiger partial charge is 0.348 e. The van der Waals surface area contributed by atoms with E-state index in [1.54, 1.807) is 35.1 Å². The van der Waals surface area contributed by atoms with Gasteiger partial charge in [-0.25, -0.2) is 4.39 Å². The van der Waals surface area contributed by atoms with Crippen molar-refractivity contribution in [2.24, 2.45) is 0 Å². The van der Waals surface area contributed by atoms with Crippen molar-refractivity contribution in [2.45, 2.75) is 38.9 Å². The van der Waals surface area contributed by atoms with Crippen molar-refractivity contribution in [3.05, 3.63) is 105 Å². The molecule has 14 heteroatoms. The zero-order chi connectivity index (χ0) is 28.5. The van der Waals surface area contributed by atoms with Crippen LogP contribution in [0, 0.1) is 12.7 Å². The van der Waals surface area contributed by atoms with Crippen LogP contribution < -0.4 is 5.32 Å². The molecule has 2 aromatic heterocycles. The van der Waals surface area contributed by atoms with Crippen molar-refractivity contribution in [1.29, 1.82) is 0 Å². The Morgan fingerprint density at radius 3 is 2.08 bits per heavy atom. The summed E-state index contributed by atoms with van der Waals surface area (Å²) in [6.45, 7) is 1.20. The Labute approximate surface area is 222 Å². The molecule has 4 rings (SSSR count). The molecule has 0 unspecified atom stereocenters. The molecule has 206 valence electrons. The summed E-state index contributed by atoms with van der Waals surface area (Å²) in [6, 6.07) is 8.12. The number of halogens is 8. The predicted octanol–water partition coefficient (Wildman–Crippen LogP) is 6.24. The molecule has 0 saturated carbocycles. The quantitative estimate of drug-likeness (QED) is 0.266. The summed E-state index contributed by atoms with van der Waals surface area (Å²) in [6.07, 6.45) is -5.63. The van der Waals surface area contributed by atoms with E-state index in [1.807, 2.05) is 18.4 Å². The number of nitrogens with zero attached hydrogens (tertiary/aromatic N) is 4. The number of alkyl halides is 6. The van der Waals surface area contributed by atoms with E-state index < -0.39 is 58.0 Å². The third-order valence-corrected chi connectivity index (χ3v) is 5.97. The Hall–Kier alpha value is -3.87. The van der Waals surface area contributed by atoms with Crippen molar-refractivity contribution in [3.63, 3.8) is 0 Å². The van der Waals surface area contributed by atoms with Crippen LogP contribution in [-0.4, -0.2) is 25.5 Å². The van der Waals surface area contributed by atoms with Crippen molar-refractivity contribution in [2.75, 3.05) is 0 Å². The maximum atomic E-state index is 14.3. The first-order valence-corrected chi connectivity index (χ1v) is 11.6. The molecule has 4 aromatic rings. The second kappa shape index (κ2) is 10.7. The second-order valence-electron chi connectivity index (χ2n) is 8.69. The van der Waals surface area contributed by atoms with Crippen LogP contribution >= 0.6 is 11.6 Å². The molecule has 0 radical (unpaired) electrons. The van der Waals surface area contributed by atoms with E-state index in [-0.39, 0.29) is 6.54 Å². The standard InChI is InChI=1S/C25H19ClF7N5O/c1-14-8-35-37(10-14)11-15-2-4-16(5-3-15)12-38-13-18(22(36-38)25(31,32)33)23(39)34-9-17-19(24(28,29)30)6-7-20(26)21(17)27/h2-8,10,13H,9,11-12H2,1H3,(H,34,39). The number of aryl methyl sites for hydroxylation is 1. The van der Waals surface area contributed by atoms with Gasteiger partial charge < -0.3 is 5.32 Å². The average Bonchev–Trinajstić information content (AvgIpc) is 3.46. The highest BCUT2D eigenvalue weighted by Crippen LogP contribution is 2.35. The van der Waals surface area contributed by atoms with Gasteiger partial charge in [-0.15, -0.1) is 0 Å². The highest BCUT2D eigenvalue weighted by Gasteiger charge is 2.40. The number of carbonyl (C=O) groups is 1. The predicted molar refractivity (Wildman–Crippen MR) is 126 cm³/mol. The van der Waals surface area contributed by atoms with Crippen LogP contribution in [0.5, 0.6) is 0 Å². The summed E-state index contributed by atoms with van der Waals surface area (Å²) < 4.78 is 97.7. The summed E-state index contributed by atoms with van der Waals surface area (Å²) >= 11 is 5.56. The molecule has 2 heterocycles. The van der Waals surface area contributed by atoms with E-state index >= 15 is 0 Å². The number of benzene rings is 2. The van der Waals surface area contributed by atoms with Crippen molar-refractivity contribution < 1.29 is 35.5 Å².